The minimum Gasteiger partial charge on any atom is -0.398 e. The molecule has 0 fully saturated rings. The highest BCUT2D eigenvalue weighted by Gasteiger charge is 2.19. The Morgan fingerprint density at radius 1 is 1.19 bits per heavy atom. The summed E-state index contributed by atoms with van der Waals surface area (Å²) in [6, 6.07) is 4.93. The fourth-order valence-corrected chi connectivity index (χ4v) is 4.56. The lowest BCUT2D eigenvalue weighted by atomic mass is 10.2. The maximum Gasteiger partial charge on any atom is 0.242 e. The number of nitrogens with two attached hydrogens (primary N) is 1. The zero-order chi connectivity index (χ0) is 15.8. The van der Waals surface area contributed by atoms with Crippen LogP contribution in [0.15, 0.2) is 23.1 Å². The molecule has 0 amide bonds. The Labute approximate surface area is 134 Å². The molecule has 0 radical (unpaired) electrons. The Balaban J connectivity index is 2.24. The number of benzene rings is 1. The van der Waals surface area contributed by atoms with Crippen molar-refractivity contribution in [1.29, 1.82) is 0 Å². The summed E-state index contributed by atoms with van der Waals surface area (Å²) in [4.78, 5) is 2.16. The Hall–Kier alpha value is -1.08. The summed E-state index contributed by atoms with van der Waals surface area (Å²) < 4.78 is 27.2. The van der Waals surface area contributed by atoms with Crippen LogP contribution >= 0.6 is 22.9 Å². The molecule has 0 unspecified atom stereocenters. The van der Waals surface area contributed by atoms with Crippen molar-refractivity contribution >= 4 is 38.6 Å². The van der Waals surface area contributed by atoms with Gasteiger partial charge in [0.25, 0.3) is 0 Å². The highest BCUT2D eigenvalue weighted by Crippen LogP contribution is 2.27. The van der Waals surface area contributed by atoms with E-state index in [2.05, 4.69) is 4.72 Å². The Morgan fingerprint density at radius 2 is 1.86 bits per heavy atom. The van der Waals surface area contributed by atoms with Gasteiger partial charge in [0.15, 0.2) is 0 Å². The Morgan fingerprint density at radius 3 is 2.43 bits per heavy atom. The highest BCUT2D eigenvalue weighted by molar-refractivity contribution is 7.89. The first kappa shape index (κ1) is 16.3. The summed E-state index contributed by atoms with van der Waals surface area (Å²) in [5.41, 5.74) is 8.09. The molecule has 2 aromatic rings. The van der Waals surface area contributed by atoms with Gasteiger partial charge in [0.2, 0.25) is 10.0 Å². The van der Waals surface area contributed by atoms with Crippen LogP contribution < -0.4 is 10.5 Å². The van der Waals surface area contributed by atoms with Gasteiger partial charge in [0, 0.05) is 22.0 Å². The number of sulfonamides is 1. The van der Waals surface area contributed by atoms with E-state index in [1.54, 1.807) is 24.3 Å². The van der Waals surface area contributed by atoms with E-state index in [1.807, 2.05) is 19.9 Å². The molecule has 0 saturated carbocycles. The average molecular weight is 345 g/mol. The quantitative estimate of drug-likeness (QED) is 0.835. The molecule has 0 saturated heterocycles. The fourth-order valence-electron chi connectivity index (χ4n) is 1.86. The van der Waals surface area contributed by atoms with Crippen molar-refractivity contribution in [3.05, 3.63) is 44.1 Å². The fraction of sp³-hybridized carbons (Fsp3) is 0.286. The van der Waals surface area contributed by atoms with E-state index in [0.717, 1.165) is 16.0 Å². The number of hydrogen-bond acceptors (Lipinski definition) is 4. The third-order valence-corrected chi connectivity index (χ3v) is 6.28. The van der Waals surface area contributed by atoms with Gasteiger partial charge in [-0.25, -0.2) is 13.1 Å². The molecule has 0 bridgehead atoms. The van der Waals surface area contributed by atoms with E-state index in [0.29, 0.717) is 5.69 Å². The largest absolute Gasteiger partial charge is 0.398 e. The number of anilines is 1. The molecule has 2 rings (SSSR count). The molecule has 0 aliphatic rings. The highest BCUT2D eigenvalue weighted by atomic mass is 35.5. The summed E-state index contributed by atoms with van der Waals surface area (Å²) in [6.07, 6.45) is 0. The van der Waals surface area contributed by atoms with Crippen molar-refractivity contribution < 1.29 is 8.42 Å². The molecule has 0 spiro atoms. The van der Waals surface area contributed by atoms with Crippen LogP contribution in [0.5, 0.6) is 0 Å². The number of aryl methyl sites for hydroxylation is 3. The lowest BCUT2D eigenvalue weighted by Gasteiger charge is -2.10. The van der Waals surface area contributed by atoms with Gasteiger partial charge < -0.3 is 5.73 Å². The van der Waals surface area contributed by atoms with E-state index in [-0.39, 0.29) is 16.5 Å². The van der Waals surface area contributed by atoms with Gasteiger partial charge in [0.1, 0.15) is 4.90 Å². The van der Waals surface area contributed by atoms with Crippen LogP contribution in [0.25, 0.3) is 0 Å². The molecule has 1 aromatic carbocycles. The molecule has 4 nitrogen and oxygen atoms in total. The number of rotatable bonds is 4. The number of nitrogens with one attached hydrogen (secondary N) is 1. The summed E-state index contributed by atoms with van der Waals surface area (Å²) in [5, 5.41) is 0.174. The van der Waals surface area contributed by atoms with Crippen LogP contribution in [-0.2, 0) is 16.6 Å². The van der Waals surface area contributed by atoms with Crippen LogP contribution in [-0.4, -0.2) is 8.42 Å². The van der Waals surface area contributed by atoms with E-state index >= 15 is 0 Å². The molecule has 0 atom stereocenters. The van der Waals surface area contributed by atoms with E-state index in [1.165, 1.54) is 10.9 Å². The van der Waals surface area contributed by atoms with Crippen LogP contribution in [0.4, 0.5) is 5.69 Å². The third-order valence-electron chi connectivity index (χ3n) is 3.26. The molecule has 3 N–H and O–H groups in total. The second kappa shape index (κ2) is 5.96. The molecule has 0 aliphatic carbocycles. The molecule has 21 heavy (non-hydrogen) atoms. The maximum atomic E-state index is 12.3. The van der Waals surface area contributed by atoms with Crippen LogP contribution in [0.1, 0.15) is 20.9 Å². The standard InChI is InChI=1S/C14H17ClN2O2S2/c1-8-4-11(20-10(8)3)7-17-21(18,19)14-6-13(16)9(2)5-12(14)15/h4-6,17H,7,16H2,1-3H3. The average Bonchev–Trinajstić information content (AvgIpc) is 2.71. The molecular formula is C14H17ClN2O2S2. The Bertz CT molecular complexity index is 763. The molecular weight excluding hydrogens is 328 g/mol. The molecule has 1 heterocycles. The smallest absolute Gasteiger partial charge is 0.242 e. The predicted molar refractivity (Wildman–Crippen MR) is 88.4 cm³/mol. The van der Waals surface area contributed by atoms with Gasteiger partial charge in [-0.1, -0.05) is 11.6 Å². The zero-order valence-electron chi connectivity index (χ0n) is 12.0. The number of halogens is 1. The lowest BCUT2D eigenvalue weighted by molar-refractivity contribution is 0.582. The first-order valence-corrected chi connectivity index (χ1v) is 8.99. The van der Waals surface area contributed by atoms with Gasteiger partial charge in [-0.3, -0.25) is 0 Å². The summed E-state index contributed by atoms with van der Waals surface area (Å²) in [7, 11) is -3.69. The van der Waals surface area contributed by atoms with Crippen LogP contribution in [0.2, 0.25) is 5.02 Å². The topological polar surface area (TPSA) is 72.2 Å². The van der Waals surface area contributed by atoms with Gasteiger partial charge >= 0.3 is 0 Å². The Kier molecular flexibility index (Phi) is 4.63. The maximum absolute atomic E-state index is 12.3. The van der Waals surface area contributed by atoms with Crippen molar-refractivity contribution in [3.63, 3.8) is 0 Å². The van der Waals surface area contributed by atoms with Gasteiger partial charge in [-0.15, -0.1) is 11.3 Å². The minimum atomic E-state index is -3.69. The first-order valence-electron chi connectivity index (χ1n) is 6.32. The van der Waals surface area contributed by atoms with Gasteiger partial charge in [-0.2, -0.15) is 0 Å². The lowest BCUT2D eigenvalue weighted by Crippen LogP contribution is -2.23. The van der Waals surface area contributed by atoms with E-state index in [9.17, 15) is 8.42 Å². The van der Waals surface area contributed by atoms with Crippen LogP contribution in [0, 0.1) is 20.8 Å². The van der Waals surface area contributed by atoms with E-state index in [4.69, 9.17) is 17.3 Å². The van der Waals surface area contributed by atoms with Crippen molar-refractivity contribution in [2.24, 2.45) is 0 Å². The molecule has 114 valence electrons. The van der Waals surface area contributed by atoms with Crippen molar-refractivity contribution in [3.8, 4) is 0 Å². The molecule has 7 heteroatoms. The van der Waals surface area contributed by atoms with Crippen LogP contribution in [0.3, 0.4) is 0 Å². The monoisotopic (exact) mass is 344 g/mol. The second-order valence-corrected chi connectivity index (χ2v) is 8.40. The summed E-state index contributed by atoms with van der Waals surface area (Å²) in [5.74, 6) is 0. The van der Waals surface area contributed by atoms with Crippen molar-refractivity contribution in [2.45, 2.75) is 32.2 Å². The summed E-state index contributed by atoms with van der Waals surface area (Å²) in [6.45, 7) is 6.03. The van der Waals surface area contributed by atoms with Gasteiger partial charge in [-0.05, 0) is 50.1 Å². The van der Waals surface area contributed by atoms with Crippen molar-refractivity contribution in [1.82, 2.24) is 4.72 Å². The second-order valence-electron chi connectivity index (χ2n) is 4.92. The number of nitrogen functional groups attached to an aromatic ring is 1. The zero-order valence-corrected chi connectivity index (χ0v) is 14.4. The van der Waals surface area contributed by atoms with Crippen molar-refractivity contribution in [2.75, 3.05) is 5.73 Å². The third kappa shape index (κ3) is 3.58. The molecule has 0 aliphatic heterocycles. The summed E-state index contributed by atoms with van der Waals surface area (Å²) >= 11 is 7.60. The van der Waals surface area contributed by atoms with E-state index < -0.39 is 10.0 Å². The number of hydrogen-bond donors (Lipinski definition) is 2. The first-order chi connectivity index (χ1) is 9.70. The SMILES string of the molecule is Cc1cc(Cl)c(S(=O)(=O)NCc2cc(C)c(C)s2)cc1N. The predicted octanol–water partition coefficient (Wildman–Crippen LogP) is 3.39. The normalized spacial score (nSPS) is 11.8. The van der Waals surface area contributed by atoms with Gasteiger partial charge in [0.05, 0.1) is 5.02 Å². The molecule has 1 aromatic heterocycles. The number of thiophene rings is 1. The minimum absolute atomic E-state index is 0.0114.